The summed E-state index contributed by atoms with van der Waals surface area (Å²) in [6.45, 7) is 2.08. The average Bonchev–Trinajstić information content (AvgIpc) is 1.91. The lowest BCUT2D eigenvalue weighted by atomic mass is 10.2. The average molecular weight is 137 g/mol. The van der Waals surface area contributed by atoms with Crippen molar-refractivity contribution in [3.05, 3.63) is 35.9 Å². The normalized spacial score (nSPS) is 7.30. The van der Waals surface area contributed by atoms with Crippen LogP contribution in [0.15, 0.2) is 35.6 Å². The SMILES string of the molecule is Cc1ccccc1.N=NN. The molecule has 0 saturated heterocycles. The minimum absolute atomic E-state index is 1.32. The van der Waals surface area contributed by atoms with Crippen LogP contribution in [0.1, 0.15) is 5.56 Å². The first-order valence-electron chi connectivity index (χ1n) is 2.89. The molecule has 0 heterocycles. The van der Waals surface area contributed by atoms with Gasteiger partial charge in [0.1, 0.15) is 0 Å². The molecular weight excluding hydrogens is 126 g/mol. The Morgan fingerprint density at radius 1 is 1.30 bits per heavy atom. The summed E-state index contributed by atoms with van der Waals surface area (Å²) in [5.41, 5.74) is 6.93. The molecule has 0 aliphatic heterocycles. The van der Waals surface area contributed by atoms with Gasteiger partial charge >= 0.3 is 0 Å². The summed E-state index contributed by atoms with van der Waals surface area (Å²) in [7, 11) is 0. The first kappa shape index (κ1) is 8.62. The lowest BCUT2D eigenvalue weighted by Gasteiger charge is -1.82. The highest BCUT2D eigenvalue weighted by Crippen LogP contribution is 1.92. The zero-order chi connectivity index (χ0) is 7.82. The fourth-order valence-corrected chi connectivity index (χ4v) is 0.534. The van der Waals surface area contributed by atoms with Gasteiger partial charge in [-0.3, -0.25) is 0 Å². The van der Waals surface area contributed by atoms with Crippen molar-refractivity contribution in [1.82, 2.24) is 0 Å². The van der Waals surface area contributed by atoms with Crippen LogP contribution < -0.4 is 5.84 Å². The minimum atomic E-state index is 1.32. The number of nitrogens with zero attached hydrogens (tertiary/aromatic N) is 1. The Balaban J connectivity index is 0.000000236. The molecule has 0 aliphatic rings. The lowest BCUT2D eigenvalue weighted by molar-refractivity contribution is 0.991. The summed E-state index contributed by atoms with van der Waals surface area (Å²) >= 11 is 0. The summed E-state index contributed by atoms with van der Waals surface area (Å²) in [4.78, 5) is 0. The largest absolute Gasteiger partial charge is 0.305 e. The predicted molar refractivity (Wildman–Crippen MR) is 40.5 cm³/mol. The van der Waals surface area contributed by atoms with Gasteiger partial charge in [0.05, 0.1) is 0 Å². The van der Waals surface area contributed by atoms with Gasteiger partial charge in [-0.05, 0) is 6.92 Å². The Labute approximate surface area is 60.3 Å². The molecule has 0 bridgehead atoms. The number of aryl methyl sites for hydroxylation is 1. The molecule has 0 aliphatic carbocycles. The standard InChI is InChI=1S/C7H8.H3N3/c1-7-5-3-2-4-6-7;1-3-2/h2-6H,1H3;(H3,1,2). The van der Waals surface area contributed by atoms with Crippen LogP contribution in [0.5, 0.6) is 0 Å². The van der Waals surface area contributed by atoms with Gasteiger partial charge in [0.2, 0.25) is 0 Å². The fraction of sp³-hybridized carbons (Fsp3) is 0.143. The van der Waals surface area contributed by atoms with E-state index in [-0.39, 0.29) is 0 Å². The van der Waals surface area contributed by atoms with E-state index in [1.807, 2.05) is 18.2 Å². The van der Waals surface area contributed by atoms with Crippen LogP contribution in [0.2, 0.25) is 0 Å². The molecule has 0 spiro atoms. The Hall–Kier alpha value is -1.38. The fourth-order valence-electron chi connectivity index (χ4n) is 0.534. The van der Waals surface area contributed by atoms with Crippen LogP contribution >= 0.6 is 0 Å². The van der Waals surface area contributed by atoms with E-state index >= 15 is 0 Å². The molecule has 0 radical (unpaired) electrons. The first-order chi connectivity index (χ1) is 4.81. The van der Waals surface area contributed by atoms with Gasteiger partial charge in [0, 0.05) is 0 Å². The number of nitrogens with two attached hydrogens (primary N) is 1. The Bertz CT molecular complexity index is 171. The molecule has 54 valence electrons. The Morgan fingerprint density at radius 3 is 1.90 bits per heavy atom. The molecule has 0 saturated carbocycles. The molecule has 1 aromatic carbocycles. The maximum Gasteiger partial charge on any atom is -0.0398 e. The third kappa shape index (κ3) is 4.77. The summed E-state index contributed by atoms with van der Waals surface area (Å²) in [6.07, 6.45) is 0. The highest BCUT2D eigenvalue weighted by molar-refractivity contribution is 5.11. The second-order valence-electron chi connectivity index (χ2n) is 1.78. The molecule has 1 aromatic rings. The topological polar surface area (TPSA) is 62.2 Å². The molecule has 0 fully saturated rings. The Morgan fingerprint density at radius 2 is 1.70 bits per heavy atom. The summed E-state index contributed by atoms with van der Waals surface area (Å²) in [5, 5.41) is 2.25. The number of hydrogen-bond donors (Lipinski definition) is 2. The monoisotopic (exact) mass is 137 g/mol. The van der Waals surface area contributed by atoms with E-state index in [0.29, 0.717) is 0 Å². The molecule has 0 aromatic heterocycles. The van der Waals surface area contributed by atoms with E-state index in [2.05, 4.69) is 30.1 Å². The van der Waals surface area contributed by atoms with Crippen molar-refractivity contribution in [2.45, 2.75) is 6.92 Å². The smallest absolute Gasteiger partial charge is 0.0398 e. The second kappa shape index (κ2) is 5.75. The van der Waals surface area contributed by atoms with Crippen LogP contribution in [0.4, 0.5) is 0 Å². The predicted octanol–water partition coefficient (Wildman–Crippen LogP) is 1.89. The van der Waals surface area contributed by atoms with E-state index in [9.17, 15) is 0 Å². The van der Waals surface area contributed by atoms with Gasteiger partial charge in [-0.2, -0.15) is 5.53 Å². The maximum atomic E-state index is 5.61. The van der Waals surface area contributed by atoms with E-state index in [1.54, 1.807) is 0 Å². The van der Waals surface area contributed by atoms with Crippen molar-refractivity contribution in [1.29, 1.82) is 5.53 Å². The van der Waals surface area contributed by atoms with Crippen LogP contribution in [-0.2, 0) is 0 Å². The quantitative estimate of drug-likeness (QED) is 0.320. The van der Waals surface area contributed by atoms with E-state index in [0.717, 1.165) is 0 Å². The zero-order valence-corrected chi connectivity index (χ0v) is 5.91. The summed E-state index contributed by atoms with van der Waals surface area (Å²) in [6, 6.07) is 10.3. The van der Waals surface area contributed by atoms with Crippen molar-refractivity contribution >= 4 is 0 Å². The lowest BCUT2D eigenvalue weighted by Crippen LogP contribution is -1.66. The van der Waals surface area contributed by atoms with Crippen molar-refractivity contribution in [3.8, 4) is 0 Å². The number of rotatable bonds is 0. The van der Waals surface area contributed by atoms with Crippen LogP contribution in [0, 0.1) is 12.5 Å². The molecule has 3 N–H and O–H groups in total. The minimum Gasteiger partial charge on any atom is -0.305 e. The zero-order valence-electron chi connectivity index (χ0n) is 5.91. The summed E-state index contributed by atoms with van der Waals surface area (Å²) in [5.74, 6) is 4.14. The number of hydrogen-bond acceptors (Lipinski definition) is 2. The van der Waals surface area contributed by atoms with Crippen LogP contribution in [0.25, 0.3) is 0 Å². The molecule has 0 amide bonds. The van der Waals surface area contributed by atoms with Gasteiger partial charge < -0.3 is 5.84 Å². The molecule has 0 atom stereocenters. The third-order valence-corrected chi connectivity index (χ3v) is 0.940. The van der Waals surface area contributed by atoms with E-state index in [4.69, 9.17) is 5.53 Å². The van der Waals surface area contributed by atoms with Gasteiger partial charge in [-0.25, -0.2) is 0 Å². The van der Waals surface area contributed by atoms with Gasteiger partial charge in [-0.1, -0.05) is 41.1 Å². The van der Waals surface area contributed by atoms with Crippen LogP contribution in [-0.4, -0.2) is 0 Å². The first-order valence-corrected chi connectivity index (χ1v) is 2.89. The molecule has 0 unspecified atom stereocenters. The van der Waals surface area contributed by atoms with Crippen molar-refractivity contribution < 1.29 is 0 Å². The molecular formula is C7H11N3. The van der Waals surface area contributed by atoms with Gasteiger partial charge in [0.25, 0.3) is 0 Å². The van der Waals surface area contributed by atoms with E-state index < -0.39 is 0 Å². The highest BCUT2D eigenvalue weighted by Gasteiger charge is 1.72. The number of benzene rings is 1. The summed E-state index contributed by atoms with van der Waals surface area (Å²) < 4.78 is 0. The molecule has 10 heavy (non-hydrogen) atoms. The van der Waals surface area contributed by atoms with E-state index in [1.165, 1.54) is 5.56 Å². The van der Waals surface area contributed by atoms with Crippen LogP contribution in [0.3, 0.4) is 0 Å². The number of nitrogens with one attached hydrogen (secondary N) is 1. The third-order valence-electron chi connectivity index (χ3n) is 0.940. The van der Waals surface area contributed by atoms with Crippen molar-refractivity contribution in [2.75, 3.05) is 0 Å². The Kier molecular flexibility index (Phi) is 4.96. The van der Waals surface area contributed by atoms with Gasteiger partial charge in [-0.15, -0.1) is 0 Å². The molecule has 3 nitrogen and oxygen atoms in total. The maximum absolute atomic E-state index is 5.61. The van der Waals surface area contributed by atoms with Crippen molar-refractivity contribution in [2.24, 2.45) is 11.1 Å². The highest BCUT2D eigenvalue weighted by atomic mass is 15.2. The van der Waals surface area contributed by atoms with Gasteiger partial charge in [0.15, 0.2) is 0 Å². The second-order valence-corrected chi connectivity index (χ2v) is 1.78. The molecule has 1 rings (SSSR count). The molecule has 3 heteroatoms. The van der Waals surface area contributed by atoms with Crippen molar-refractivity contribution in [3.63, 3.8) is 0 Å².